The molecule has 1 nitrogen and oxygen atoms in total. The molecule has 54 valence electrons. The Morgan fingerprint density at radius 1 is 1.56 bits per heavy atom. The Hall–Kier alpha value is -0.460. The standard InChI is InChI=1S/C5H8O.C3H8/c1-5-3-2-4-6-5;1-3-2/h3H,2,4H2,1H3;3H2,1-2H3. The van der Waals surface area contributed by atoms with Crippen LogP contribution < -0.4 is 0 Å². The first-order valence-electron chi connectivity index (χ1n) is 3.60. The highest BCUT2D eigenvalue weighted by atomic mass is 16.5. The van der Waals surface area contributed by atoms with E-state index >= 15 is 0 Å². The third kappa shape index (κ3) is 5.41. The van der Waals surface area contributed by atoms with Crippen molar-refractivity contribution in [1.82, 2.24) is 0 Å². The van der Waals surface area contributed by atoms with Crippen LogP contribution >= 0.6 is 0 Å². The smallest absolute Gasteiger partial charge is 0.0912 e. The molecule has 1 aliphatic heterocycles. The van der Waals surface area contributed by atoms with Gasteiger partial charge in [-0.3, -0.25) is 0 Å². The summed E-state index contributed by atoms with van der Waals surface area (Å²) in [7, 11) is 0. The van der Waals surface area contributed by atoms with Crippen molar-refractivity contribution < 1.29 is 4.74 Å². The highest BCUT2D eigenvalue weighted by molar-refractivity contribution is 4.92. The summed E-state index contributed by atoms with van der Waals surface area (Å²) < 4.78 is 5.01. The molecule has 0 aromatic heterocycles. The second-order valence-corrected chi connectivity index (χ2v) is 2.16. The zero-order valence-corrected chi connectivity index (χ0v) is 6.61. The van der Waals surface area contributed by atoms with Gasteiger partial charge in [0.25, 0.3) is 0 Å². The van der Waals surface area contributed by atoms with Gasteiger partial charge in [0.2, 0.25) is 0 Å². The SMILES string of the molecule is CC1=CCCO1.CCC. The largest absolute Gasteiger partial charge is 0.498 e. The maximum Gasteiger partial charge on any atom is 0.0912 e. The number of ether oxygens (including phenoxy) is 1. The van der Waals surface area contributed by atoms with Gasteiger partial charge in [0, 0.05) is 6.42 Å². The van der Waals surface area contributed by atoms with Crippen LogP contribution in [0.4, 0.5) is 0 Å². The lowest BCUT2D eigenvalue weighted by atomic mass is 10.4. The van der Waals surface area contributed by atoms with Crippen molar-refractivity contribution in [1.29, 1.82) is 0 Å². The zero-order valence-electron chi connectivity index (χ0n) is 6.61. The van der Waals surface area contributed by atoms with Crippen LogP contribution in [0.15, 0.2) is 11.8 Å². The second-order valence-electron chi connectivity index (χ2n) is 2.16. The minimum atomic E-state index is 0.895. The minimum Gasteiger partial charge on any atom is -0.498 e. The Labute approximate surface area is 57.7 Å². The lowest BCUT2D eigenvalue weighted by Crippen LogP contribution is -1.76. The topological polar surface area (TPSA) is 9.23 Å². The molecule has 0 spiro atoms. The van der Waals surface area contributed by atoms with Crippen molar-refractivity contribution in [3.05, 3.63) is 11.8 Å². The number of hydrogen-bond acceptors (Lipinski definition) is 1. The molecule has 0 N–H and O–H groups in total. The molecule has 0 unspecified atom stereocenters. The third-order valence-electron chi connectivity index (χ3n) is 0.879. The molecular weight excluding hydrogens is 112 g/mol. The quantitative estimate of drug-likeness (QED) is 0.487. The van der Waals surface area contributed by atoms with Crippen LogP contribution in [0.2, 0.25) is 0 Å². The Kier molecular flexibility index (Phi) is 5.38. The summed E-state index contributed by atoms with van der Waals surface area (Å²) in [6, 6.07) is 0. The molecule has 1 aliphatic rings. The molecule has 0 radical (unpaired) electrons. The van der Waals surface area contributed by atoms with E-state index in [0.29, 0.717) is 0 Å². The number of hydrogen-bond donors (Lipinski definition) is 0. The summed E-state index contributed by atoms with van der Waals surface area (Å²) >= 11 is 0. The van der Waals surface area contributed by atoms with E-state index in [1.54, 1.807) is 0 Å². The average molecular weight is 128 g/mol. The molecule has 0 bridgehead atoms. The van der Waals surface area contributed by atoms with Gasteiger partial charge in [-0.25, -0.2) is 0 Å². The molecule has 0 aromatic rings. The van der Waals surface area contributed by atoms with E-state index in [2.05, 4.69) is 19.9 Å². The molecule has 0 saturated heterocycles. The molecular formula is C8H16O. The summed E-state index contributed by atoms with van der Waals surface area (Å²) in [6.07, 6.45) is 4.45. The van der Waals surface area contributed by atoms with Crippen molar-refractivity contribution in [3.8, 4) is 0 Å². The van der Waals surface area contributed by atoms with E-state index < -0.39 is 0 Å². The Balaban J connectivity index is 0.000000187. The van der Waals surface area contributed by atoms with E-state index in [0.717, 1.165) is 18.8 Å². The van der Waals surface area contributed by atoms with Crippen LogP contribution in [0.25, 0.3) is 0 Å². The molecule has 9 heavy (non-hydrogen) atoms. The first-order chi connectivity index (χ1) is 4.31. The van der Waals surface area contributed by atoms with Crippen LogP contribution in [0, 0.1) is 0 Å². The Morgan fingerprint density at radius 3 is 2.22 bits per heavy atom. The van der Waals surface area contributed by atoms with Crippen LogP contribution in [0.1, 0.15) is 33.6 Å². The molecule has 0 saturated carbocycles. The molecule has 0 atom stereocenters. The Morgan fingerprint density at radius 2 is 2.11 bits per heavy atom. The van der Waals surface area contributed by atoms with Gasteiger partial charge in [-0.1, -0.05) is 20.3 Å². The van der Waals surface area contributed by atoms with Crippen molar-refractivity contribution in [2.75, 3.05) is 6.61 Å². The monoisotopic (exact) mass is 128 g/mol. The fourth-order valence-corrected chi connectivity index (χ4v) is 0.541. The highest BCUT2D eigenvalue weighted by Crippen LogP contribution is 2.05. The van der Waals surface area contributed by atoms with Gasteiger partial charge in [0.05, 0.1) is 12.4 Å². The molecule has 0 aliphatic carbocycles. The van der Waals surface area contributed by atoms with Crippen molar-refractivity contribution in [2.45, 2.75) is 33.6 Å². The summed E-state index contributed by atoms with van der Waals surface area (Å²) in [5, 5.41) is 0. The summed E-state index contributed by atoms with van der Waals surface area (Å²) in [6.45, 7) is 7.12. The fourth-order valence-electron chi connectivity index (χ4n) is 0.541. The van der Waals surface area contributed by atoms with Gasteiger partial charge in [0.1, 0.15) is 0 Å². The molecule has 1 rings (SSSR count). The van der Waals surface area contributed by atoms with E-state index in [9.17, 15) is 0 Å². The van der Waals surface area contributed by atoms with Gasteiger partial charge in [-0.15, -0.1) is 0 Å². The highest BCUT2D eigenvalue weighted by Gasteiger charge is 1.94. The van der Waals surface area contributed by atoms with Gasteiger partial charge in [0.15, 0.2) is 0 Å². The van der Waals surface area contributed by atoms with Crippen molar-refractivity contribution >= 4 is 0 Å². The minimum absolute atomic E-state index is 0.895. The summed E-state index contributed by atoms with van der Waals surface area (Å²) in [4.78, 5) is 0. The van der Waals surface area contributed by atoms with E-state index in [4.69, 9.17) is 4.74 Å². The third-order valence-corrected chi connectivity index (χ3v) is 0.879. The van der Waals surface area contributed by atoms with E-state index in [1.165, 1.54) is 6.42 Å². The van der Waals surface area contributed by atoms with Crippen LogP contribution in [-0.2, 0) is 4.74 Å². The molecule has 0 aromatic carbocycles. The van der Waals surface area contributed by atoms with Gasteiger partial charge in [-0.2, -0.15) is 0 Å². The second kappa shape index (κ2) is 5.67. The zero-order chi connectivity index (χ0) is 7.11. The molecule has 0 fully saturated rings. The van der Waals surface area contributed by atoms with Crippen LogP contribution in [0.5, 0.6) is 0 Å². The van der Waals surface area contributed by atoms with E-state index in [1.807, 2.05) is 6.92 Å². The maximum absolute atomic E-state index is 5.01. The average Bonchev–Trinajstić information content (AvgIpc) is 2.20. The van der Waals surface area contributed by atoms with Gasteiger partial charge < -0.3 is 4.74 Å². The van der Waals surface area contributed by atoms with Gasteiger partial charge in [-0.05, 0) is 13.0 Å². The van der Waals surface area contributed by atoms with Crippen LogP contribution in [0.3, 0.4) is 0 Å². The lowest BCUT2D eigenvalue weighted by molar-refractivity contribution is 0.247. The number of allylic oxidation sites excluding steroid dienone is 1. The summed E-state index contributed by atoms with van der Waals surface area (Å²) in [5.74, 6) is 1.08. The molecule has 1 heteroatoms. The normalized spacial score (nSPS) is 15.2. The number of rotatable bonds is 0. The van der Waals surface area contributed by atoms with Gasteiger partial charge >= 0.3 is 0 Å². The first-order valence-corrected chi connectivity index (χ1v) is 3.60. The Bertz CT molecular complexity index is 84.6. The predicted octanol–water partition coefficient (Wildman–Crippen LogP) is 2.73. The molecule has 1 heterocycles. The van der Waals surface area contributed by atoms with Crippen LogP contribution in [-0.4, -0.2) is 6.61 Å². The first kappa shape index (κ1) is 8.54. The maximum atomic E-state index is 5.01. The van der Waals surface area contributed by atoms with E-state index in [-0.39, 0.29) is 0 Å². The lowest BCUT2D eigenvalue weighted by Gasteiger charge is -1.89. The molecule has 0 amide bonds. The fraction of sp³-hybridized carbons (Fsp3) is 0.750. The summed E-state index contributed by atoms with van der Waals surface area (Å²) in [5.41, 5.74) is 0. The predicted molar refractivity (Wildman–Crippen MR) is 40.3 cm³/mol. The van der Waals surface area contributed by atoms with Crippen molar-refractivity contribution in [2.24, 2.45) is 0 Å². The van der Waals surface area contributed by atoms with Crippen molar-refractivity contribution in [3.63, 3.8) is 0 Å².